The van der Waals surface area contributed by atoms with Gasteiger partial charge in [-0.2, -0.15) is 13.2 Å². The number of sulfonamides is 1. The molecule has 0 heterocycles. The number of hydrogen-bond acceptors (Lipinski definition) is 3. The Hall–Kier alpha value is -1.12. The van der Waals surface area contributed by atoms with Crippen molar-refractivity contribution < 1.29 is 21.6 Å². The van der Waals surface area contributed by atoms with Crippen LogP contribution in [0, 0.1) is 6.92 Å². The number of aryl methyl sites for hydroxylation is 1. The Kier molecular flexibility index (Phi) is 4.52. The van der Waals surface area contributed by atoms with Crippen molar-refractivity contribution in [2.75, 3.05) is 6.54 Å². The molecule has 1 aromatic rings. The summed E-state index contributed by atoms with van der Waals surface area (Å²) in [5.74, 6) is 0. The maximum Gasteiger partial charge on any atom is 0.416 e. The summed E-state index contributed by atoms with van der Waals surface area (Å²) in [5, 5.41) is 0. The van der Waals surface area contributed by atoms with Crippen LogP contribution in [0.25, 0.3) is 0 Å². The third-order valence-electron chi connectivity index (χ3n) is 2.54. The fourth-order valence-corrected chi connectivity index (χ4v) is 2.69. The van der Waals surface area contributed by atoms with E-state index in [0.29, 0.717) is 6.07 Å². The number of benzene rings is 1. The lowest BCUT2D eigenvalue weighted by molar-refractivity contribution is -0.138. The van der Waals surface area contributed by atoms with E-state index >= 15 is 0 Å². The van der Waals surface area contributed by atoms with E-state index in [9.17, 15) is 21.6 Å². The largest absolute Gasteiger partial charge is 0.416 e. The molecule has 0 atom stereocenters. The first kappa shape index (κ1) is 16.9. The average molecular weight is 310 g/mol. The summed E-state index contributed by atoms with van der Waals surface area (Å²) in [7, 11) is -4.02. The Labute approximate surface area is 116 Å². The highest BCUT2D eigenvalue weighted by atomic mass is 32.2. The number of alkyl halides is 3. The van der Waals surface area contributed by atoms with Crippen LogP contribution >= 0.6 is 0 Å². The van der Waals surface area contributed by atoms with Gasteiger partial charge >= 0.3 is 6.18 Å². The maximum absolute atomic E-state index is 12.8. The Morgan fingerprint density at radius 3 is 2.25 bits per heavy atom. The van der Waals surface area contributed by atoms with Crippen molar-refractivity contribution in [1.29, 1.82) is 0 Å². The normalized spacial score (nSPS) is 13.6. The van der Waals surface area contributed by atoms with Crippen molar-refractivity contribution in [3.05, 3.63) is 29.3 Å². The van der Waals surface area contributed by atoms with Gasteiger partial charge in [0.15, 0.2) is 0 Å². The number of nitrogens with one attached hydrogen (secondary N) is 1. The van der Waals surface area contributed by atoms with Gasteiger partial charge in [-0.25, -0.2) is 13.1 Å². The van der Waals surface area contributed by atoms with Crippen molar-refractivity contribution in [3.63, 3.8) is 0 Å². The summed E-state index contributed by atoms with van der Waals surface area (Å²) in [6, 6.07) is 2.89. The highest BCUT2D eigenvalue weighted by Crippen LogP contribution is 2.33. The minimum atomic E-state index is -4.59. The maximum atomic E-state index is 12.8. The zero-order valence-corrected chi connectivity index (χ0v) is 12.2. The molecule has 8 heteroatoms. The molecule has 0 saturated heterocycles. The Morgan fingerprint density at radius 1 is 1.25 bits per heavy atom. The van der Waals surface area contributed by atoms with E-state index in [-0.39, 0.29) is 12.1 Å². The van der Waals surface area contributed by atoms with E-state index in [1.807, 2.05) is 0 Å². The molecule has 0 amide bonds. The molecule has 0 aliphatic carbocycles. The van der Waals surface area contributed by atoms with Gasteiger partial charge in [-0.05, 0) is 38.5 Å². The first-order valence-corrected chi connectivity index (χ1v) is 7.28. The number of halogens is 3. The van der Waals surface area contributed by atoms with Gasteiger partial charge in [0.1, 0.15) is 0 Å². The monoisotopic (exact) mass is 310 g/mol. The Morgan fingerprint density at radius 2 is 1.80 bits per heavy atom. The Balaban J connectivity index is 3.15. The fraction of sp³-hybridized carbons (Fsp3) is 0.500. The van der Waals surface area contributed by atoms with E-state index in [0.717, 1.165) is 12.1 Å². The van der Waals surface area contributed by atoms with Crippen LogP contribution in [-0.4, -0.2) is 20.5 Å². The predicted molar refractivity (Wildman–Crippen MR) is 69.6 cm³/mol. The smallest absolute Gasteiger partial charge is 0.324 e. The van der Waals surface area contributed by atoms with Crippen LogP contribution in [0.4, 0.5) is 13.2 Å². The molecular weight excluding hydrogens is 293 g/mol. The molecule has 0 unspecified atom stereocenters. The van der Waals surface area contributed by atoms with Crippen LogP contribution < -0.4 is 10.5 Å². The molecule has 0 fully saturated rings. The molecular formula is C12H17F3N2O2S. The van der Waals surface area contributed by atoms with Crippen LogP contribution in [0.15, 0.2) is 23.1 Å². The highest BCUT2D eigenvalue weighted by molar-refractivity contribution is 7.89. The van der Waals surface area contributed by atoms with Gasteiger partial charge in [-0.1, -0.05) is 6.07 Å². The molecule has 0 aliphatic heterocycles. The number of hydrogen-bond donors (Lipinski definition) is 2. The lowest BCUT2D eigenvalue weighted by Crippen LogP contribution is -2.45. The molecule has 3 N–H and O–H groups in total. The van der Waals surface area contributed by atoms with Gasteiger partial charge in [0, 0.05) is 12.1 Å². The highest BCUT2D eigenvalue weighted by Gasteiger charge is 2.33. The fourth-order valence-electron chi connectivity index (χ4n) is 1.44. The zero-order valence-electron chi connectivity index (χ0n) is 11.4. The molecule has 114 valence electrons. The molecule has 0 aromatic heterocycles. The van der Waals surface area contributed by atoms with Gasteiger partial charge in [0.25, 0.3) is 0 Å². The summed E-state index contributed by atoms with van der Waals surface area (Å²) < 4.78 is 64.3. The zero-order chi connectivity index (χ0) is 15.8. The summed E-state index contributed by atoms with van der Waals surface area (Å²) in [6.45, 7) is 4.40. The Bertz CT molecular complexity index is 590. The molecule has 0 aliphatic rings. The first-order valence-electron chi connectivity index (χ1n) is 5.79. The lowest BCUT2D eigenvalue weighted by atomic mass is 10.1. The van der Waals surface area contributed by atoms with Crippen LogP contribution in [-0.2, 0) is 16.2 Å². The minimum absolute atomic E-state index is 0.0318. The first-order chi connectivity index (χ1) is 8.83. The molecule has 0 radical (unpaired) electrons. The topological polar surface area (TPSA) is 72.2 Å². The molecule has 1 rings (SSSR count). The second kappa shape index (κ2) is 5.34. The van der Waals surface area contributed by atoms with Gasteiger partial charge in [-0.3, -0.25) is 0 Å². The molecule has 0 saturated carbocycles. The van der Waals surface area contributed by atoms with Gasteiger partial charge in [0.05, 0.1) is 10.5 Å². The van der Waals surface area contributed by atoms with E-state index in [1.165, 1.54) is 6.92 Å². The SMILES string of the molecule is Cc1ccc(S(=O)(=O)NCC(C)(C)N)cc1C(F)(F)F. The third kappa shape index (κ3) is 4.46. The van der Waals surface area contributed by atoms with Crippen LogP contribution in [0.3, 0.4) is 0 Å². The van der Waals surface area contributed by atoms with Crippen molar-refractivity contribution in [2.24, 2.45) is 5.73 Å². The van der Waals surface area contributed by atoms with E-state index in [2.05, 4.69) is 4.72 Å². The second-order valence-corrected chi connectivity index (χ2v) is 7.05. The van der Waals surface area contributed by atoms with E-state index in [1.54, 1.807) is 13.8 Å². The van der Waals surface area contributed by atoms with Gasteiger partial charge in [-0.15, -0.1) is 0 Å². The number of nitrogens with two attached hydrogens (primary N) is 1. The number of rotatable bonds is 4. The average Bonchev–Trinajstić information content (AvgIpc) is 2.24. The van der Waals surface area contributed by atoms with Crippen molar-refractivity contribution in [1.82, 2.24) is 4.72 Å². The van der Waals surface area contributed by atoms with Gasteiger partial charge in [0.2, 0.25) is 10.0 Å². The predicted octanol–water partition coefficient (Wildman–Crippen LogP) is 2.03. The van der Waals surface area contributed by atoms with Crippen LogP contribution in [0.5, 0.6) is 0 Å². The van der Waals surface area contributed by atoms with Crippen LogP contribution in [0.1, 0.15) is 25.0 Å². The molecule has 0 spiro atoms. The van der Waals surface area contributed by atoms with E-state index < -0.39 is 32.2 Å². The molecule has 4 nitrogen and oxygen atoms in total. The van der Waals surface area contributed by atoms with Gasteiger partial charge < -0.3 is 5.73 Å². The molecule has 0 bridgehead atoms. The quantitative estimate of drug-likeness (QED) is 0.894. The van der Waals surface area contributed by atoms with Crippen LogP contribution in [0.2, 0.25) is 0 Å². The summed E-state index contributed by atoms with van der Waals surface area (Å²) >= 11 is 0. The molecule has 1 aromatic carbocycles. The second-order valence-electron chi connectivity index (χ2n) is 5.29. The standard InChI is InChI=1S/C12H17F3N2O2S/c1-8-4-5-9(6-10(8)12(13,14)15)20(18,19)17-7-11(2,3)16/h4-6,17H,7,16H2,1-3H3. The lowest BCUT2D eigenvalue weighted by Gasteiger charge is -2.19. The van der Waals surface area contributed by atoms with Crippen molar-refractivity contribution in [3.8, 4) is 0 Å². The minimum Gasteiger partial charge on any atom is -0.324 e. The summed E-state index contributed by atoms with van der Waals surface area (Å²) in [4.78, 5) is -0.431. The summed E-state index contributed by atoms with van der Waals surface area (Å²) in [5.41, 5.74) is 3.84. The van der Waals surface area contributed by atoms with Crippen molar-refractivity contribution >= 4 is 10.0 Å². The third-order valence-corrected chi connectivity index (χ3v) is 3.94. The molecule has 20 heavy (non-hydrogen) atoms. The van der Waals surface area contributed by atoms with E-state index in [4.69, 9.17) is 5.73 Å². The van der Waals surface area contributed by atoms with Crippen molar-refractivity contribution in [2.45, 2.75) is 37.4 Å². The summed E-state index contributed by atoms with van der Waals surface area (Å²) in [6.07, 6.45) is -4.59.